The highest BCUT2D eigenvalue weighted by molar-refractivity contribution is 6.30. The zero-order valence-electron chi connectivity index (χ0n) is 23.4. The maximum absolute atomic E-state index is 13.7. The summed E-state index contributed by atoms with van der Waals surface area (Å²) in [6.07, 6.45) is 1.22. The molecule has 4 aromatic rings. The van der Waals surface area contributed by atoms with Gasteiger partial charge in [0, 0.05) is 54.4 Å². The number of aromatic nitrogens is 3. The minimum atomic E-state index is -0.559. The summed E-state index contributed by atoms with van der Waals surface area (Å²) in [6.45, 7) is 12.0. The number of carbonyl (C=O) groups is 1. The number of pyridine rings is 1. The lowest BCUT2D eigenvalue weighted by molar-refractivity contribution is 0.0320. The van der Waals surface area contributed by atoms with Crippen molar-refractivity contribution in [3.05, 3.63) is 81.2 Å². The molecule has 0 unspecified atom stereocenters. The number of nitrogens with zero attached hydrogens (tertiary/aromatic N) is 5. The van der Waals surface area contributed by atoms with E-state index in [1.807, 2.05) is 82.1 Å². The van der Waals surface area contributed by atoms with Gasteiger partial charge in [-0.1, -0.05) is 23.7 Å². The quantitative estimate of drug-likeness (QED) is 0.363. The van der Waals surface area contributed by atoms with Gasteiger partial charge in [0.15, 0.2) is 0 Å². The first kappa shape index (κ1) is 27.6. The number of aryl methyl sites for hydroxylation is 2. The Balaban J connectivity index is 1.46. The Kier molecular flexibility index (Phi) is 7.53. The van der Waals surface area contributed by atoms with E-state index in [1.54, 1.807) is 12.3 Å². The SMILES string of the molecule is Cc1cc2c(-c3ccc(Cl)cc3)nn(-c3ccnc(N4CCN(NC(=O)OC(C)(C)C)CC4)c3)c(=O)c2cc1C. The van der Waals surface area contributed by atoms with E-state index in [0.717, 1.165) is 27.9 Å². The standard InChI is InChI=1S/C30H33ClN6O3/c1-19-16-24-25(17-20(19)2)28(38)37(33-27(24)21-6-8-22(31)9-7-21)23-10-11-32-26(18-23)35-12-14-36(15-13-35)34-29(39)40-30(3,4)5/h6-11,16-18H,12-15H2,1-5H3,(H,34,39). The highest BCUT2D eigenvalue weighted by atomic mass is 35.5. The van der Waals surface area contributed by atoms with Crippen LogP contribution in [0.1, 0.15) is 31.9 Å². The van der Waals surface area contributed by atoms with Gasteiger partial charge in [0.25, 0.3) is 5.56 Å². The number of fused-ring (bicyclic) bond motifs is 1. The Morgan fingerprint density at radius 2 is 1.60 bits per heavy atom. The van der Waals surface area contributed by atoms with Crippen molar-refractivity contribution >= 4 is 34.3 Å². The first-order valence-electron chi connectivity index (χ1n) is 13.2. The van der Waals surface area contributed by atoms with E-state index >= 15 is 0 Å². The number of benzene rings is 2. The van der Waals surface area contributed by atoms with Crippen molar-refractivity contribution in [2.75, 3.05) is 31.1 Å². The van der Waals surface area contributed by atoms with Crippen LogP contribution in [0.15, 0.2) is 59.5 Å². The second-order valence-electron chi connectivity index (χ2n) is 11.0. The summed E-state index contributed by atoms with van der Waals surface area (Å²) >= 11 is 6.15. The molecule has 0 aliphatic carbocycles. The number of piperazine rings is 1. The van der Waals surface area contributed by atoms with E-state index < -0.39 is 11.7 Å². The fourth-order valence-electron chi connectivity index (χ4n) is 4.69. The number of nitrogens with one attached hydrogen (secondary N) is 1. The third-order valence-corrected chi connectivity index (χ3v) is 7.11. The fourth-order valence-corrected chi connectivity index (χ4v) is 4.81. The van der Waals surface area contributed by atoms with E-state index in [-0.39, 0.29) is 5.56 Å². The molecule has 1 saturated heterocycles. The molecule has 0 radical (unpaired) electrons. The molecule has 0 spiro atoms. The zero-order valence-corrected chi connectivity index (χ0v) is 24.1. The Morgan fingerprint density at radius 1 is 0.950 bits per heavy atom. The number of hydrogen-bond donors (Lipinski definition) is 1. The molecule has 2 aromatic carbocycles. The van der Waals surface area contributed by atoms with Gasteiger partial charge >= 0.3 is 6.09 Å². The fraction of sp³-hybridized carbons (Fsp3) is 0.333. The average Bonchev–Trinajstić information content (AvgIpc) is 2.90. The topological polar surface area (TPSA) is 92.6 Å². The van der Waals surface area contributed by atoms with Crippen LogP contribution in [0.25, 0.3) is 27.7 Å². The van der Waals surface area contributed by atoms with Crippen molar-refractivity contribution < 1.29 is 9.53 Å². The summed E-state index contributed by atoms with van der Waals surface area (Å²) < 4.78 is 6.81. The van der Waals surface area contributed by atoms with Crippen LogP contribution in [0.4, 0.5) is 10.6 Å². The van der Waals surface area contributed by atoms with Crippen LogP contribution < -0.4 is 15.9 Å². The predicted molar refractivity (Wildman–Crippen MR) is 158 cm³/mol. The first-order chi connectivity index (χ1) is 19.0. The van der Waals surface area contributed by atoms with Crippen molar-refractivity contribution in [3.8, 4) is 16.9 Å². The van der Waals surface area contributed by atoms with Gasteiger partial charge in [-0.05, 0) is 76.1 Å². The van der Waals surface area contributed by atoms with Gasteiger partial charge in [-0.2, -0.15) is 9.78 Å². The maximum atomic E-state index is 13.7. The van der Waals surface area contributed by atoms with E-state index in [0.29, 0.717) is 48.0 Å². The number of rotatable bonds is 4. The molecule has 40 heavy (non-hydrogen) atoms. The summed E-state index contributed by atoms with van der Waals surface area (Å²) in [5.74, 6) is 0.733. The van der Waals surface area contributed by atoms with E-state index in [4.69, 9.17) is 21.4 Å². The predicted octanol–water partition coefficient (Wildman–Crippen LogP) is 5.28. The molecule has 5 rings (SSSR count). The van der Waals surface area contributed by atoms with Gasteiger partial charge in [-0.25, -0.2) is 14.8 Å². The first-order valence-corrected chi connectivity index (χ1v) is 13.6. The summed E-state index contributed by atoms with van der Waals surface area (Å²) in [7, 11) is 0. The third-order valence-electron chi connectivity index (χ3n) is 6.86. The molecule has 0 atom stereocenters. The number of hydrazine groups is 1. The van der Waals surface area contributed by atoms with Crippen molar-refractivity contribution in [2.24, 2.45) is 0 Å². The molecule has 1 fully saturated rings. The monoisotopic (exact) mass is 560 g/mol. The third kappa shape index (κ3) is 5.95. The van der Waals surface area contributed by atoms with Gasteiger partial charge in [-0.15, -0.1) is 0 Å². The van der Waals surface area contributed by atoms with Crippen LogP contribution in [0.3, 0.4) is 0 Å². The number of anilines is 1. The Labute approximate surface area is 238 Å². The number of hydrogen-bond acceptors (Lipinski definition) is 7. The van der Waals surface area contributed by atoms with E-state index in [2.05, 4.69) is 15.3 Å². The molecule has 0 bridgehead atoms. The minimum Gasteiger partial charge on any atom is -0.443 e. The molecular weight excluding hydrogens is 528 g/mol. The molecule has 1 amide bonds. The Hall–Kier alpha value is -3.95. The molecule has 1 aliphatic heterocycles. The highest BCUT2D eigenvalue weighted by Crippen LogP contribution is 2.29. The Morgan fingerprint density at radius 3 is 2.25 bits per heavy atom. The van der Waals surface area contributed by atoms with Gasteiger partial charge in [0.05, 0.1) is 16.8 Å². The highest BCUT2D eigenvalue weighted by Gasteiger charge is 2.23. The molecule has 3 heterocycles. The van der Waals surface area contributed by atoms with Gasteiger partial charge in [-0.3, -0.25) is 10.2 Å². The summed E-state index contributed by atoms with van der Waals surface area (Å²) in [5, 5.41) is 8.72. The van der Waals surface area contributed by atoms with Crippen LogP contribution in [-0.2, 0) is 4.74 Å². The van der Waals surface area contributed by atoms with Crippen LogP contribution >= 0.6 is 11.6 Å². The smallest absolute Gasteiger partial charge is 0.422 e. The van der Waals surface area contributed by atoms with Crippen molar-refractivity contribution in [1.82, 2.24) is 25.2 Å². The second-order valence-corrected chi connectivity index (χ2v) is 11.5. The molecule has 1 N–H and O–H groups in total. The van der Waals surface area contributed by atoms with Crippen molar-refractivity contribution in [1.29, 1.82) is 0 Å². The number of halogens is 1. The summed E-state index contributed by atoms with van der Waals surface area (Å²) in [5.41, 5.74) is 6.38. The lowest BCUT2D eigenvalue weighted by atomic mass is 10.00. The Bertz CT molecular complexity index is 1620. The summed E-state index contributed by atoms with van der Waals surface area (Å²) in [4.78, 5) is 32.6. The van der Waals surface area contributed by atoms with Crippen molar-refractivity contribution in [3.63, 3.8) is 0 Å². The van der Waals surface area contributed by atoms with Crippen molar-refractivity contribution in [2.45, 2.75) is 40.2 Å². The molecule has 2 aromatic heterocycles. The molecule has 0 saturated carbocycles. The van der Waals surface area contributed by atoms with Gasteiger partial charge in [0.2, 0.25) is 0 Å². The number of ether oxygens (including phenoxy) is 1. The zero-order chi connectivity index (χ0) is 28.6. The molecule has 9 nitrogen and oxygen atoms in total. The van der Waals surface area contributed by atoms with Crippen LogP contribution in [0, 0.1) is 13.8 Å². The molecule has 1 aliphatic rings. The van der Waals surface area contributed by atoms with E-state index in [1.165, 1.54) is 4.68 Å². The largest absolute Gasteiger partial charge is 0.443 e. The van der Waals surface area contributed by atoms with E-state index in [9.17, 15) is 9.59 Å². The number of amides is 1. The molecule has 208 valence electrons. The molecule has 10 heteroatoms. The normalized spacial score (nSPS) is 14.4. The average molecular weight is 561 g/mol. The van der Waals surface area contributed by atoms with Crippen LogP contribution in [0.2, 0.25) is 5.02 Å². The summed E-state index contributed by atoms with van der Waals surface area (Å²) in [6, 6.07) is 15.1. The lowest BCUT2D eigenvalue weighted by Crippen LogP contribution is -2.54. The van der Waals surface area contributed by atoms with Gasteiger partial charge in [0.1, 0.15) is 11.4 Å². The van der Waals surface area contributed by atoms with Crippen LogP contribution in [0.5, 0.6) is 0 Å². The number of carbonyl (C=O) groups excluding carboxylic acids is 1. The maximum Gasteiger partial charge on any atom is 0.422 e. The molecular formula is C30H33ClN6O3. The minimum absolute atomic E-state index is 0.195. The van der Waals surface area contributed by atoms with Gasteiger partial charge < -0.3 is 9.64 Å². The van der Waals surface area contributed by atoms with Crippen LogP contribution in [-0.4, -0.2) is 57.6 Å². The second kappa shape index (κ2) is 10.9. The lowest BCUT2D eigenvalue weighted by Gasteiger charge is -2.35.